The molecule has 1 unspecified atom stereocenters. The fourth-order valence-corrected chi connectivity index (χ4v) is 15.4. The predicted octanol–water partition coefficient (Wildman–Crippen LogP) is 9.57. The van der Waals surface area contributed by atoms with Gasteiger partial charge in [-0.05, 0) is 90.1 Å². The van der Waals surface area contributed by atoms with E-state index in [2.05, 4.69) is 77.8 Å². The molecule has 0 radical (unpaired) electrons. The van der Waals surface area contributed by atoms with Crippen molar-refractivity contribution < 1.29 is 23.0 Å². The lowest BCUT2D eigenvalue weighted by molar-refractivity contribution is 0.107. The van der Waals surface area contributed by atoms with Gasteiger partial charge in [0.1, 0.15) is 49.4 Å². The zero-order valence-electron chi connectivity index (χ0n) is 33.6. The summed E-state index contributed by atoms with van der Waals surface area (Å²) in [5.74, 6) is 2.41. The summed E-state index contributed by atoms with van der Waals surface area (Å²) in [5, 5.41) is 12.4. The smallest absolute Gasteiger partial charge is 0.317 e. The Morgan fingerprint density at radius 1 is 1.00 bits per heavy atom. The number of anilines is 1. The Balaban J connectivity index is 1.30. The van der Waals surface area contributed by atoms with Crippen molar-refractivity contribution in [1.29, 1.82) is 0 Å². The van der Waals surface area contributed by atoms with Crippen molar-refractivity contribution in [3.05, 3.63) is 77.8 Å². The minimum atomic E-state index is -2.31. The first-order chi connectivity index (χ1) is 27.3. The standard InChI is InChI=1S/C45H51F3N6O2Si/c1-27(2)57(28(3)4,29(5)6)19-13-35-38(47)9-8-31-21-34(55)22-36(39(31)35)41-40(48)42-37(43(51-41)54-18-12-33(54)20-30-10-15-49-16-11-30)24-50-44(52-42)56-26-45-14-7-17-53(45)25-32(46)23-45/h8-11,15-16,21-22,24,27-29,32-33,55H,7,12,14,17-18,20,23,25-26H2,1-6H3/t32-,33?,45+/m1/s1. The summed E-state index contributed by atoms with van der Waals surface area (Å²) in [6.45, 7) is 15.3. The summed E-state index contributed by atoms with van der Waals surface area (Å²) in [6.07, 6.45) is 7.92. The van der Waals surface area contributed by atoms with Gasteiger partial charge >= 0.3 is 6.01 Å². The van der Waals surface area contributed by atoms with E-state index in [0.717, 1.165) is 37.8 Å². The molecule has 0 amide bonds. The highest BCUT2D eigenvalue weighted by Gasteiger charge is 2.49. The van der Waals surface area contributed by atoms with Crippen LogP contribution in [0.25, 0.3) is 32.9 Å². The van der Waals surface area contributed by atoms with Gasteiger partial charge in [0.15, 0.2) is 5.82 Å². The van der Waals surface area contributed by atoms with Gasteiger partial charge in [-0.3, -0.25) is 9.88 Å². The Labute approximate surface area is 333 Å². The molecule has 0 spiro atoms. The molecule has 298 valence electrons. The topological polar surface area (TPSA) is 87.5 Å². The molecule has 2 aromatic carbocycles. The van der Waals surface area contributed by atoms with Crippen LogP contribution in [-0.4, -0.2) is 82.0 Å². The zero-order chi connectivity index (χ0) is 40.2. The number of hydrogen-bond acceptors (Lipinski definition) is 8. The summed E-state index contributed by atoms with van der Waals surface area (Å²) in [5.41, 5.74) is 5.54. The van der Waals surface area contributed by atoms with Gasteiger partial charge in [-0.2, -0.15) is 4.98 Å². The van der Waals surface area contributed by atoms with E-state index in [1.165, 1.54) is 12.1 Å². The van der Waals surface area contributed by atoms with Crippen molar-refractivity contribution in [1.82, 2.24) is 24.8 Å². The Morgan fingerprint density at radius 3 is 2.46 bits per heavy atom. The van der Waals surface area contributed by atoms with Gasteiger partial charge in [-0.25, -0.2) is 23.1 Å². The molecule has 0 bridgehead atoms. The van der Waals surface area contributed by atoms with E-state index in [-0.39, 0.29) is 46.7 Å². The summed E-state index contributed by atoms with van der Waals surface area (Å²) in [4.78, 5) is 22.7. The van der Waals surface area contributed by atoms with Crippen LogP contribution in [0, 0.1) is 23.1 Å². The fourth-order valence-electron chi connectivity index (χ4n) is 10.2. The number of fused-ring (bicyclic) bond motifs is 3. The monoisotopic (exact) mass is 792 g/mol. The van der Waals surface area contributed by atoms with Crippen molar-refractivity contribution in [2.24, 2.45) is 0 Å². The SMILES string of the molecule is CC(C)[Si](C#Cc1c(F)ccc2cc(O)cc(-c3nc(N4CCC4Cc4ccncc4)c4cnc(OC[C@@]56CCCN5C[C@H](F)C6)nc4c3F)c12)(C(C)C)C(C)C. The maximum atomic E-state index is 17.4. The van der Waals surface area contributed by atoms with E-state index in [1.807, 2.05) is 12.1 Å². The van der Waals surface area contributed by atoms with Crippen LogP contribution in [0.5, 0.6) is 11.8 Å². The zero-order valence-corrected chi connectivity index (χ0v) is 34.6. The second kappa shape index (κ2) is 15.2. The van der Waals surface area contributed by atoms with Crippen molar-refractivity contribution in [3.63, 3.8) is 0 Å². The van der Waals surface area contributed by atoms with E-state index in [0.29, 0.717) is 58.1 Å². The molecule has 8 rings (SSSR count). The first kappa shape index (κ1) is 39.1. The summed E-state index contributed by atoms with van der Waals surface area (Å²) >= 11 is 0. The quantitative estimate of drug-likeness (QED) is 0.111. The maximum absolute atomic E-state index is 17.4. The lowest BCUT2D eigenvalue weighted by Crippen LogP contribution is -2.49. The molecule has 3 fully saturated rings. The number of phenols is 1. The van der Waals surface area contributed by atoms with Crippen molar-refractivity contribution in [2.45, 2.75) is 108 Å². The van der Waals surface area contributed by atoms with Gasteiger partial charge in [-0.1, -0.05) is 53.5 Å². The molecule has 3 aliphatic heterocycles. The maximum Gasteiger partial charge on any atom is 0.317 e. The number of pyridine rings is 2. The van der Waals surface area contributed by atoms with E-state index in [1.54, 1.807) is 30.7 Å². The highest BCUT2D eigenvalue weighted by Crippen LogP contribution is 2.44. The molecule has 0 saturated carbocycles. The van der Waals surface area contributed by atoms with Gasteiger partial charge in [0.25, 0.3) is 0 Å². The fraction of sp³-hybridized carbons (Fsp3) is 0.467. The molecular formula is C45H51F3N6O2Si. The average molecular weight is 793 g/mol. The summed E-state index contributed by atoms with van der Waals surface area (Å²) in [6, 6.07) is 9.94. The van der Waals surface area contributed by atoms with Crippen LogP contribution in [0.15, 0.2) is 55.0 Å². The van der Waals surface area contributed by atoms with Crippen molar-refractivity contribution in [3.8, 4) is 34.5 Å². The third-order valence-corrected chi connectivity index (χ3v) is 19.4. The molecule has 3 aliphatic rings. The molecule has 3 saturated heterocycles. The highest BCUT2D eigenvalue weighted by atomic mass is 28.3. The van der Waals surface area contributed by atoms with Crippen molar-refractivity contribution >= 4 is 35.6 Å². The Morgan fingerprint density at radius 2 is 1.75 bits per heavy atom. The lowest BCUT2D eigenvalue weighted by Gasteiger charge is -2.42. The molecule has 0 aliphatic carbocycles. The van der Waals surface area contributed by atoms with Crippen molar-refractivity contribution in [2.75, 3.05) is 31.1 Å². The van der Waals surface area contributed by atoms with Crippen LogP contribution in [-0.2, 0) is 6.42 Å². The lowest BCUT2D eigenvalue weighted by atomic mass is 9.94. The van der Waals surface area contributed by atoms with E-state index in [4.69, 9.17) is 9.72 Å². The predicted molar refractivity (Wildman–Crippen MR) is 222 cm³/mol. The number of phenolic OH excluding ortho intramolecular Hbond substituents is 1. The van der Waals surface area contributed by atoms with E-state index < -0.39 is 31.4 Å². The molecule has 3 atom stereocenters. The largest absolute Gasteiger partial charge is 0.508 e. The highest BCUT2D eigenvalue weighted by molar-refractivity contribution is 6.90. The normalized spacial score (nSPS) is 21.1. The Bertz CT molecular complexity index is 2360. The van der Waals surface area contributed by atoms with E-state index in [9.17, 15) is 9.50 Å². The third kappa shape index (κ3) is 6.90. The first-order valence-corrected chi connectivity index (χ1v) is 22.6. The second-order valence-electron chi connectivity index (χ2n) is 17.2. The number of hydrogen-bond donors (Lipinski definition) is 1. The number of aromatic hydroxyl groups is 1. The molecule has 3 aromatic heterocycles. The second-order valence-corrected chi connectivity index (χ2v) is 22.8. The summed E-state index contributed by atoms with van der Waals surface area (Å²) < 4.78 is 54.4. The van der Waals surface area contributed by atoms with Crippen LogP contribution in [0.3, 0.4) is 0 Å². The van der Waals surface area contributed by atoms with Gasteiger partial charge in [0.2, 0.25) is 0 Å². The first-order valence-electron chi connectivity index (χ1n) is 20.3. The molecule has 6 heterocycles. The minimum absolute atomic E-state index is 0.00323. The van der Waals surface area contributed by atoms with Gasteiger partial charge in [0, 0.05) is 55.1 Å². The van der Waals surface area contributed by atoms with Gasteiger partial charge < -0.3 is 14.7 Å². The molecule has 1 N–H and O–H groups in total. The number of ether oxygens (including phenoxy) is 1. The van der Waals surface area contributed by atoms with Gasteiger partial charge in [0.05, 0.1) is 16.5 Å². The molecule has 12 heteroatoms. The van der Waals surface area contributed by atoms with Crippen LogP contribution < -0.4 is 9.64 Å². The number of aromatic nitrogens is 4. The van der Waals surface area contributed by atoms with Crippen LogP contribution in [0.2, 0.25) is 16.6 Å². The Kier molecular flexibility index (Phi) is 10.4. The Hall–Kier alpha value is -4.73. The number of benzene rings is 2. The molecule has 5 aromatic rings. The van der Waals surface area contributed by atoms with Gasteiger partial charge in [-0.15, -0.1) is 5.54 Å². The van der Waals surface area contributed by atoms with Crippen LogP contribution in [0.1, 0.15) is 78.4 Å². The van der Waals surface area contributed by atoms with E-state index >= 15 is 8.78 Å². The molecule has 57 heavy (non-hydrogen) atoms. The number of halogens is 3. The summed E-state index contributed by atoms with van der Waals surface area (Å²) in [7, 11) is -2.31. The number of nitrogens with zero attached hydrogens (tertiary/aromatic N) is 6. The van der Waals surface area contributed by atoms with Crippen LogP contribution in [0.4, 0.5) is 19.0 Å². The minimum Gasteiger partial charge on any atom is -0.508 e. The molecular weight excluding hydrogens is 742 g/mol. The number of alkyl halides is 1. The number of rotatable bonds is 10. The average Bonchev–Trinajstić information content (AvgIpc) is 3.70. The third-order valence-electron chi connectivity index (χ3n) is 13.1. The molecule has 8 nitrogen and oxygen atoms in total. The van der Waals surface area contributed by atoms with Crippen LogP contribution >= 0.6 is 0 Å².